The largest absolute Gasteiger partial charge is 0.454 e. The first-order valence-corrected chi connectivity index (χ1v) is 10.9. The average molecular weight is 474 g/mol. The first kappa shape index (κ1) is 22.8. The van der Waals surface area contributed by atoms with Crippen molar-refractivity contribution in [2.75, 3.05) is 18.5 Å². The Labute approximate surface area is 187 Å². The Morgan fingerprint density at radius 2 is 1.72 bits per heavy atom. The van der Waals surface area contributed by atoms with Crippen LogP contribution in [-0.2, 0) is 25.3 Å². The molecule has 0 radical (unpaired) electrons. The Kier molecular flexibility index (Phi) is 6.08. The number of esters is 1. The van der Waals surface area contributed by atoms with Crippen LogP contribution in [0.3, 0.4) is 0 Å². The summed E-state index contributed by atoms with van der Waals surface area (Å²) in [6.45, 7) is -1.04. The zero-order chi connectivity index (χ0) is 23.1. The third-order valence-electron chi connectivity index (χ3n) is 6.70. The van der Waals surface area contributed by atoms with E-state index < -0.39 is 40.7 Å². The van der Waals surface area contributed by atoms with E-state index in [-0.39, 0.29) is 18.3 Å². The summed E-state index contributed by atoms with van der Waals surface area (Å²) in [6.07, 6.45) is 2.10. The van der Waals surface area contributed by atoms with Crippen molar-refractivity contribution in [1.82, 2.24) is 10.3 Å². The number of carbonyl (C=O) groups excluding carboxylic acids is 3. The lowest BCUT2D eigenvalue weighted by atomic mass is 9.49. The quantitative estimate of drug-likeness (QED) is 0.616. The lowest BCUT2D eigenvalue weighted by molar-refractivity contribution is -0.152. The van der Waals surface area contributed by atoms with Gasteiger partial charge in [0.15, 0.2) is 12.4 Å². The molecule has 1 aromatic heterocycles. The number of amides is 2. The van der Waals surface area contributed by atoms with Crippen LogP contribution in [-0.4, -0.2) is 35.9 Å². The molecule has 0 aliphatic heterocycles. The Hall–Kier alpha value is -2.36. The molecule has 0 saturated heterocycles. The molecule has 0 atom stereocenters. The molecule has 2 amide bonds. The van der Waals surface area contributed by atoms with Gasteiger partial charge in [-0.3, -0.25) is 14.4 Å². The molecule has 7 nitrogen and oxygen atoms in total. The minimum atomic E-state index is -4.62. The van der Waals surface area contributed by atoms with Crippen LogP contribution in [0.15, 0.2) is 12.3 Å². The van der Waals surface area contributed by atoms with Crippen molar-refractivity contribution >= 4 is 35.2 Å². The highest BCUT2D eigenvalue weighted by Gasteiger charge is 2.54. The topological polar surface area (TPSA) is 97.4 Å². The van der Waals surface area contributed by atoms with Gasteiger partial charge in [0, 0.05) is 11.6 Å². The van der Waals surface area contributed by atoms with E-state index in [4.69, 9.17) is 16.3 Å². The number of ether oxygens (including phenoxy) is 1. The highest BCUT2D eigenvalue weighted by Crippen LogP contribution is 2.60. The number of alkyl halides is 3. The zero-order valence-corrected chi connectivity index (χ0v) is 17.9. The molecule has 0 unspecified atom stereocenters. The van der Waals surface area contributed by atoms with E-state index >= 15 is 0 Å². The highest BCUT2D eigenvalue weighted by atomic mass is 35.5. The summed E-state index contributed by atoms with van der Waals surface area (Å²) in [5.74, 6) is -0.242. The van der Waals surface area contributed by atoms with Crippen molar-refractivity contribution in [2.24, 2.45) is 23.2 Å². The Morgan fingerprint density at radius 3 is 2.25 bits per heavy atom. The molecule has 32 heavy (non-hydrogen) atoms. The number of pyridine rings is 1. The van der Waals surface area contributed by atoms with Gasteiger partial charge in [-0.1, -0.05) is 11.6 Å². The molecular formula is C21H23ClF3N3O4. The first-order valence-electron chi connectivity index (χ1n) is 10.5. The number of nitrogens with zero attached hydrogens (tertiary/aromatic N) is 1. The lowest BCUT2D eigenvalue weighted by Crippen LogP contribution is -2.54. The SMILES string of the molecule is O=C(COC(=O)CNC(=O)C12CC3CC(CC(C3)C1)C2)Nc1ncc(C(F)(F)F)cc1Cl. The summed E-state index contributed by atoms with van der Waals surface area (Å²) in [5.41, 5.74) is -1.45. The van der Waals surface area contributed by atoms with Crippen molar-refractivity contribution in [2.45, 2.75) is 44.7 Å². The second-order valence-electron chi connectivity index (χ2n) is 9.14. The van der Waals surface area contributed by atoms with Gasteiger partial charge in [0.1, 0.15) is 6.54 Å². The molecule has 5 rings (SSSR count). The maximum Gasteiger partial charge on any atom is 0.417 e. The first-order chi connectivity index (χ1) is 15.0. The van der Waals surface area contributed by atoms with Crippen molar-refractivity contribution in [1.29, 1.82) is 0 Å². The highest BCUT2D eigenvalue weighted by molar-refractivity contribution is 6.33. The fraction of sp³-hybridized carbons (Fsp3) is 0.619. The van der Waals surface area contributed by atoms with Crippen LogP contribution in [0.5, 0.6) is 0 Å². The van der Waals surface area contributed by atoms with Gasteiger partial charge >= 0.3 is 12.1 Å². The summed E-state index contributed by atoms with van der Waals surface area (Å²) in [7, 11) is 0. The van der Waals surface area contributed by atoms with Crippen molar-refractivity contribution in [3.8, 4) is 0 Å². The summed E-state index contributed by atoms with van der Waals surface area (Å²) in [4.78, 5) is 40.2. The number of anilines is 1. The number of hydrogen-bond donors (Lipinski definition) is 2. The van der Waals surface area contributed by atoms with Crippen molar-refractivity contribution < 1.29 is 32.3 Å². The van der Waals surface area contributed by atoms with Gasteiger partial charge in [-0.2, -0.15) is 13.2 Å². The summed E-state index contributed by atoms with van der Waals surface area (Å²) in [6, 6.07) is 0.635. The van der Waals surface area contributed by atoms with Crippen LogP contribution in [0, 0.1) is 23.2 Å². The Balaban J connectivity index is 1.22. The van der Waals surface area contributed by atoms with E-state index in [1.54, 1.807) is 0 Å². The van der Waals surface area contributed by atoms with Gasteiger partial charge in [-0.15, -0.1) is 0 Å². The molecule has 0 aromatic carbocycles. The maximum absolute atomic E-state index is 12.8. The minimum absolute atomic E-state index is 0.126. The molecule has 1 heterocycles. The number of carbonyl (C=O) groups is 3. The van der Waals surface area contributed by atoms with E-state index in [2.05, 4.69) is 15.6 Å². The number of halogens is 4. The molecule has 2 N–H and O–H groups in total. The molecule has 4 aliphatic rings. The number of nitrogens with one attached hydrogen (secondary N) is 2. The Morgan fingerprint density at radius 1 is 1.12 bits per heavy atom. The number of rotatable bonds is 6. The molecule has 4 aliphatic carbocycles. The van der Waals surface area contributed by atoms with Gasteiger partial charge in [-0.25, -0.2) is 4.98 Å². The van der Waals surface area contributed by atoms with Crippen LogP contribution in [0.25, 0.3) is 0 Å². The van der Waals surface area contributed by atoms with Gasteiger partial charge in [0.25, 0.3) is 5.91 Å². The predicted molar refractivity (Wildman–Crippen MR) is 107 cm³/mol. The average Bonchev–Trinajstić information content (AvgIpc) is 2.70. The van der Waals surface area contributed by atoms with Crippen LogP contribution in [0.2, 0.25) is 5.02 Å². The molecule has 1 aromatic rings. The molecule has 174 valence electrons. The van der Waals surface area contributed by atoms with Gasteiger partial charge in [0.2, 0.25) is 5.91 Å². The molecular weight excluding hydrogens is 451 g/mol. The third-order valence-corrected chi connectivity index (χ3v) is 6.99. The fourth-order valence-electron chi connectivity index (χ4n) is 5.78. The van der Waals surface area contributed by atoms with Crippen LogP contribution in [0.1, 0.15) is 44.1 Å². The molecule has 4 bridgehead atoms. The Bertz CT molecular complexity index is 902. The second kappa shape index (κ2) is 8.53. The second-order valence-corrected chi connectivity index (χ2v) is 9.55. The summed E-state index contributed by atoms with van der Waals surface area (Å²) in [5, 5.41) is 4.44. The maximum atomic E-state index is 12.8. The zero-order valence-electron chi connectivity index (χ0n) is 17.1. The predicted octanol–water partition coefficient (Wildman–Crippen LogP) is 3.57. The van der Waals surface area contributed by atoms with Crippen LogP contribution < -0.4 is 10.6 Å². The standard InChI is InChI=1S/C21H23ClF3N3O4/c22-15-4-14(21(23,24)25)8-26-18(15)28-16(29)10-32-17(30)9-27-19(31)20-5-11-1-12(6-20)3-13(2-11)7-20/h4,8,11-13H,1-3,5-7,9-10H2,(H,27,31)(H,26,28,29). The van der Waals surface area contributed by atoms with Crippen LogP contribution >= 0.6 is 11.6 Å². The number of aromatic nitrogens is 1. The smallest absolute Gasteiger partial charge is 0.417 e. The van der Waals surface area contributed by atoms with E-state index in [1.807, 2.05) is 0 Å². The summed E-state index contributed by atoms with van der Waals surface area (Å²) < 4.78 is 42.8. The van der Waals surface area contributed by atoms with E-state index in [9.17, 15) is 27.6 Å². The molecule has 4 saturated carbocycles. The van der Waals surface area contributed by atoms with E-state index in [0.29, 0.717) is 30.0 Å². The number of hydrogen-bond acceptors (Lipinski definition) is 5. The third kappa shape index (κ3) is 4.84. The minimum Gasteiger partial charge on any atom is -0.454 e. The molecule has 0 spiro atoms. The monoisotopic (exact) mass is 473 g/mol. The van der Waals surface area contributed by atoms with Crippen molar-refractivity contribution in [3.05, 3.63) is 22.8 Å². The molecule has 4 fully saturated rings. The van der Waals surface area contributed by atoms with Crippen molar-refractivity contribution in [3.63, 3.8) is 0 Å². The molecule has 11 heteroatoms. The van der Waals surface area contributed by atoms with Gasteiger partial charge in [-0.05, 0) is 62.3 Å². The van der Waals surface area contributed by atoms with Crippen LogP contribution in [0.4, 0.5) is 19.0 Å². The normalized spacial score (nSPS) is 28.3. The van der Waals surface area contributed by atoms with Gasteiger partial charge < -0.3 is 15.4 Å². The lowest BCUT2D eigenvalue weighted by Gasteiger charge is -2.55. The van der Waals surface area contributed by atoms with E-state index in [0.717, 1.165) is 19.3 Å². The van der Waals surface area contributed by atoms with E-state index in [1.165, 1.54) is 19.3 Å². The summed E-state index contributed by atoms with van der Waals surface area (Å²) >= 11 is 5.72. The van der Waals surface area contributed by atoms with Gasteiger partial charge in [0.05, 0.1) is 10.6 Å². The fourth-order valence-corrected chi connectivity index (χ4v) is 5.99.